The second-order valence-corrected chi connectivity index (χ2v) is 3.26. The van der Waals surface area contributed by atoms with E-state index in [9.17, 15) is 14.4 Å². The van der Waals surface area contributed by atoms with Crippen molar-refractivity contribution in [3.63, 3.8) is 0 Å². The average molecular weight is 250 g/mol. The first-order valence-corrected chi connectivity index (χ1v) is 4.63. The van der Waals surface area contributed by atoms with Crippen LogP contribution in [0.15, 0.2) is 11.6 Å². The molecule has 0 rings (SSSR count). The zero-order valence-electron chi connectivity index (χ0n) is 8.38. The van der Waals surface area contributed by atoms with Crippen LogP contribution in [0.1, 0.15) is 0 Å². The lowest BCUT2D eigenvalue weighted by molar-refractivity contribution is -0.137. The predicted octanol–water partition coefficient (Wildman–Crippen LogP) is -0.761. The first-order valence-electron chi connectivity index (χ1n) is 4.25. The van der Waals surface area contributed by atoms with E-state index >= 15 is 0 Å². The van der Waals surface area contributed by atoms with Gasteiger partial charge in [-0.15, -0.1) is 0 Å². The van der Waals surface area contributed by atoms with Crippen LogP contribution >= 0.6 is 11.6 Å². The van der Waals surface area contributed by atoms with Crippen LogP contribution in [0.3, 0.4) is 0 Å². The van der Waals surface area contributed by atoms with Crippen LogP contribution in [-0.2, 0) is 9.59 Å². The third-order valence-corrected chi connectivity index (χ3v) is 1.42. The molecule has 0 aromatic rings. The quantitative estimate of drug-likeness (QED) is 0.496. The van der Waals surface area contributed by atoms with E-state index < -0.39 is 24.5 Å². The number of carbonyl (C=O) groups is 3. The van der Waals surface area contributed by atoms with E-state index in [-0.39, 0.29) is 18.1 Å². The summed E-state index contributed by atoms with van der Waals surface area (Å²) in [4.78, 5) is 32.0. The first-order chi connectivity index (χ1) is 7.41. The van der Waals surface area contributed by atoms with Crippen molar-refractivity contribution in [3.8, 4) is 0 Å². The third kappa shape index (κ3) is 8.82. The van der Waals surface area contributed by atoms with Gasteiger partial charge in [0.05, 0.1) is 13.1 Å². The van der Waals surface area contributed by atoms with Crippen LogP contribution in [0.4, 0.5) is 4.79 Å². The molecule has 0 saturated heterocycles. The monoisotopic (exact) mass is 249 g/mol. The zero-order chi connectivity index (χ0) is 12.6. The summed E-state index contributed by atoms with van der Waals surface area (Å²) in [7, 11) is 0. The van der Waals surface area contributed by atoms with Gasteiger partial charge in [0.2, 0.25) is 5.91 Å². The number of hydrogen-bond donors (Lipinski definition) is 4. The summed E-state index contributed by atoms with van der Waals surface area (Å²) in [5, 5.41) is 15.1. The molecule has 0 fully saturated rings. The molecule has 0 aliphatic heterocycles. The van der Waals surface area contributed by atoms with Crippen LogP contribution < -0.4 is 16.0 Å². The number of rotatable bonds is 6. The molecule has 0 bridgehead atoms. The number of aliphatic carboxylic acids is 1. The molecule has 0 aliphatic rings. The number of hydrogen-bond acceptors (Lipinski definition) is 3. The molecule has 0 saturated carbocycles. The number of carboxylic acid groups (broad SMARTS) is 1. The minimum absolute atomic E-state index is 0.0874. The number of carbonyl (C=O) groups excluding carboxylic acids is 2. The van der Waals surface area contributed by atoms with Crippen molar-refractivity contribution in [2.75, 3.05) is 19.6 Å². The molecule has 16 heavy (non-hydrogen) atoms. The SMILES string of the molecule is C=C(Cl)CNC(=O)NCC(=O)NCC(=O)O. The van der Waals surface area contributed by atoms with Crippen LogP contribution in [0.2, 0.25) is 0 Å². The molecule has 0 heterocycles. The van der Waals surface area contributed by atoms with E-state index in [2.05, 4.69) is 22.5 Å². The molecule has 0 unspecified atom stereocenters. The van der Waals surface area contributed by atoms with Gasteiger partial charge < -0.3 is 21.1 Å². The Balaban J connectivity index is 3.63. The molecule has 0 spiro atoms. The van der Waals surface area contributed by atoms with Gasteiger partial charge in [-0.05, 0) is 0 Å². The molecule has 0 atom stereocenters. The summed E-state index contributed by atoms with van der Waals surface area (Å²) in [5.74, 6) is -1.75. The van der Waals surface area contributed by atoms with Crippen LogP contribution in [0, 0.1) is 0 Å². The Morgan fingerprint density at radius 1 is 1.06 bits per heavy atom. The zero-order valence-corrected chi connectivity index (χ0v) is 9.13. The highest BCUT2D eigenvalue weighted by atomic mass is 35.5. The maximum atomic E-state index is 11.0. The highest BCUT2D eigenvalue weighted by Gasteiger charge is 2.05. The Hall–Kier alpha value is -1.76. The lowest BCUT2D eigenvalue weighted by Gasteiger charge is -2.06. The maximum absolute atomic E-state index is 11.0. The van der Waals surface area contributed by atoms with Crippen LogP contribution in [-0.4, -0.2) is 42.6 Å². The molecular weight excluding hydrogens is 238 g/mol. The van der Waals surface area contributed by atoms with Crippen molar-refractivity contribution in [1.82, 2.24) is 16.0 Å². The van der Waals surface area contributed by atoms with E-state index in [1.165, 1.54) is 0 Å². The fourth-order valence-electron chi connectivity index (χ4n) is 0.636. The van der Waals surface area contributed by atoms with Crippen molar-refractivity contribution in [3.05, 3.63) is 11.6 Å². The summed E-state index contributed by atoms with van der Waals surface area (Å²) in [6, 6.07) is -0.590. The average Bonchev–Trinajstić information content (AvgIpc) is 2.20. The molecule has 3 amide bonds. The third-order valence-electron chi connectivity index (χ3n) is 1.29. The lowest BCUT2D eigenvalue weighted by atomic mass is 10.5. The summed E-state index contributed by atoms with van der Waals surface area (Å²) in [6.45, 7) is 2.64. The normalized spacial score (nSPS) is 9.06. The Morgan fingerprint density at radius 2 is 1.62 bits per heavy atom. The van der Waals surface area contributed by atoms with Crippen molar-refractivity contribution in [2.45, 2.75) is 0 Å². The Bertz CT molecular complexity index is 276. The number of urea groups is 1. The lowest BCUT2D eigenvalue weighted by Crippen LogP contribution is -2.43. The van der Waals surface area contributed by atoms with Gasteiger partial charge >= 0.3 is 12.0 Å². The molecule has 0 aromatic heterocycles. The topological polar surface area (TPSA) is 108 Å². The highest BCUT2D eigenvalue weighted by molar-refractivity contribution is 6.29. The largest absolute Gasteiger partial charge is 0.480 e. The summed E-state index contributed by atoms with van der Waals surface area (Å²) in [6.07, 6.45) is 0. The Morgan fingerprint density at radius 3 is 2.12 bits per heavy atom. The summed E-state index contributed by atoms with van der Waals surface area (Å²) >= 11 is 5.39. The van der Waals surface area contributed by atoms with Gasteiger partial charge in [0.1, 0.15) is 6.54 Å². The highest BCUT2D eigenvalue weighted by Crippen LogP contribution is 1.91. The molecule has 4 N–H and O–H groups in total. The second-order valence-electron chi connectivity index (χ2n) is 2.72. The second kappa shape index (κ2) is 7.52. The van der Waals surface area contributed by atoms with Crippen molar-refractivity contribution in [1.29, 1.82) is 0 Å². The van der Waals surface area contributed by atoms with Gasteiger partial charge in [-0.25, -0.2) is 4.79 Å². The Labute approximate surface area is 96.8 Å². The van der Waals surface area contributed by atoms with Gasteiger partial charge in [-0.1, -0.05) is 18.2 Å². The molecule has 0 aromatic carbocycles. The van der Waals surface area contributed by atoms with E-state index in [0.29, 0.717) is 0 Å². The molecule has 7 nitrogen and oxygen atoms in total. The van der Waals surface area contributed by atoms with Gasteiger partial charge in [-0.2, -0.15) is 0 Å². The van der Waals surface area contributed by atoms with Crippen LogP contribution in [0.25, 0.3) is 0 Å². The van der Waals surface area contributed by atoms with Crippen molar-refractivity contribution in [2.24, 2.45) is 0 Å². The minimum Gasteiger partial charge on any atom is -0.480 e. The van der Waals surface area contributed by atoms with Crippen molar-refractivity contribution < 1.29 is 19.5 Å². The first kappa shape index (κ1) is 14.2. The van der Waals surface area contributed by atoms with E-state index in [0.717, 1.165) is 0 Å². The predicted molar refractivity (Wildman–Crippen MR) is 57.0 cm³/mol. The molecule has 0 aliphatic carbocycles. The van der Waals surface area contributed by atoms with E-state index in [1.54, 1.807) is 0 Å². The Kier molecular flexibility index (Phi) is 6.69. The number of nitrogens with one attached hydrogen (secondary N) is 3. The minimum atomic E-state index is -1.16. The summed E-state index contributed by atoms with van der Waals surface area (Å²) < 4.78 is 0. The van der Waals surface area contributed by atoms with Gasteiger partial charge in [0, 0.05) is 5.03 Å². The van der Waals surface area contributed by atoms with Gasteiger partial charge in [0.25, 0.3) is 0 Å². The fourth-order valence-corrected chi connectivity index (χ4v) is 0.703. The van der Waals surface area contributed by atoms with Crippen molar-refractivity contribution >= 4 is 29.5 Å². The maximum Gasteiger partial charge on any atom is 0.322 e. The number of carboxylic acids is 1. The molecule has 90 valence electrons. The van der Waals surface area contributed by atoms with Gasteiger partial charge in [-0.3, -0.25) is 9.59 Å². The smallest absolute Gasteiger partial charge is 0.322 e. The van der Waals surface area contributed by atoms with Gasteiger partial charge in [0.15, 0.2) is 0 Å². The number of amides is 3. The molecule has 8 heteroatoms. The fraction of sp³-hybridized carbons (Fsp3) is 0.375. The van der Waals surface area contributed by atoms with E-state index in [4.69, 9.17) is 16.7 Å². The van der Waals surface area contributed by atoms with Crippen LogP contribution in [0.5, 0.6) is 0 Å². The summed E-state index contributed by atoms with van der Waals surface area (Å²) in [5.41, 5.74) is 0. The number of halogens is 1. The van der Waals surface area contributed by atoms with E-state index in [1.807, 2.05) is 0 Å². The molecular formula is C8H12ClN3O4. The molecule has 0 radical (unpaired) electrons. The standard InChI is InChI=1S/C8H12ClN3O4/c1-5(9)2-11-8(16)12-3-6(13)10-4-7(14)15/h1-4H2,(H,10,13)(H,14,15)(H2,11,12,16).